The van der Waals surface area contributed by atoms with Crippen LogP contribution in [0.4, 0.5) is 0 Å². The number of carbonyl (C=O) groups excluding carboxylic acids is 2. The molecule has 1 aliphatic rings. The summed E-state index contributed by atoms with van der Waals surface area (Å²) >= 11 is 0. The number of nitrogens with one attached hydrogen (secondary N) is 1. The van der Waals surface area contributed by atoms with E-state index in [1.54, 1.807) is 16.7 Å². The van der Waals surface area contributed by atoms with Gasteiger partial charge in [-0.25, -0.2) is 4.68 Å². The third-order valence-electron chi connectivity index (χ3n) is 6.69. The summed E-state index contributed by atoms with van der Waals surface area (Å²) < 4.78 is 6.95. The van der Waals surface area contributed by atoms with Gasteiger partial charge in [0.15, 0.2) is 0 Å². The highest BCUT2D eigenvalue weighted by molar-refractivity contribution is 5.89. The Balaban J connectivity index is 1.67. The van der Waals surface area contributed by atoms with Crippen molar-refractivity contribution in [2.75, 3.05) is 13.7 Å². The number of nitrogens with zero attached hydrogens (tertiary/aromatic N) is 4. The fourth-order valence-electron chi connectivity index (χ4n) is 4.79. The predicted molar refractivity (Wildman–Crippen MR) is 135 cm³/mol. The number of methoxy groups -OCH3 is 1. The van der Waals surface area contributed by atoms with Crippen molar-refractivity contribution < 1.29 is 14.3 Å². The predicted octanol–water partition coefficient (Wildman–Crippen LogP) is 4.11. The monoisotopic (exact) mass is 477 g/mol. The fraction of sp³-hybridized carbons (Fsp3) is 0.481. The van der Waals surface area contributed by atoms with E-state index < -0.39 is 6.04 Å². The first kappa shape index (κ1) is 24.7. The van der Waals surface area contributed by atoms with Crippen molar-refractivity contribution in [1.29, 1.82) is 0 Å². The lowest BCUT2D eigenvalue weighted by Crippen LogP contribution is -2.49. The number of benzene rings is 2. The summed E-state index contributed by atoms with van der Waals surface area (Å²) in [5, 5.41) is 11.5. The minimum Gasteiger partial charge on any atom is -0.497 e. The molecule has 2 amide bonds. The van der Waals surface area contributed by atoms with Crippen molar-refractivity contribution in [1.82, 2.24) is 25.2 Å². The van der Waals surface area contributed by atoms with Crippen LogP contribution in [-0.4, -0.2) is 51.4 Å². The number of carbonyl (C=O) groups is 2. The molecule has 1 aliphatic carbocycles. The van der Waals surface area contributed by atoms with E-state index >= 15 is 0 Å². The Morgan fingerprint density at radius 3 is 2.51 bits per heavy atom. The topological polar surface area (TPSA) is 89.4 Å². The van der Waals surface area contributed by atoms with E-state index in [0.29, 0.717) is 18.2 Å². The largest absolute Gasteiger partial charge is 0.497 e. The fourth-order valence-corrected chi connectivity index (χ4v) is 4.79. The summed E-state index contributed by atoms with van der Waals surface area (Å²) in [5.41, 5.74) is 2.32. The maximum absolute atomic E-state index is 13.9. The second-order valence-electron chi connectivity index (χ2n) is 9.62. The third kappa shape index (κ3) is 5.81. The van der Waals surface area contributed by atoms with E-state index in [1.807, 2.05) is 48.5 Å². The Morgan fingerprint density at radius 2 is 1.83 bits per heavy atom. The van der Waals surface area contributed by atoms with Gasteiger partial charge in [0, 0.05) is 12.6 Å². The van der Waals surface area contributed by atoms with Crippen molar-refractivity contribution >= 4 is 22.8 Å². The molecule has 2 aromatic carbocycles. The molecule has 0 saturated heterocycles. The minimum atomic E-state index is -0.724. The van der Waals surface area contributed by atoms with Crippen LogP contribution in [0.3, 0.4) is 0 Å². The molecule has 0 radical (unpaired) electrons. The Labute approximate surface area is 206 Å². The number of rotatable bonds is 10. The Hall–Kier alpha value is -3.42. The number of ether oxygens (including phenoxy) is 1. The first-order valence-corrected chi connectivity index (χ1v) is 12.5. The number of amides is 2. The molecule has 186 valence electrons. The molecule has 1 heterocycles. The normalized spacial score (nSPS) is 14.9. The molecule has 8 heteroatoms. The Kier molecular flexibility index (Phi) is 8.00. The van der Waals surface area contributed by atoms with Crippen LogP contribution in [0.15, 0.2) is 48.5 Å². The van der Waals surface area contributed by atoms with Gasteiger partial charge in [-0.2, -0.15) is 0 Å². The van der Waals surface area contributed by atoms with E-state index in [9.17, 15) is 9.59 Å². The summed E-state index contributed by atoms with van der Waals surface area (Å²) in [6.07, 6.45) is 4.74. The van der Waals surface area contributed by atoms with Gasteiger partial charge in [0.25, 0.3) is 0 Å². The van der Waals surface area contributed by atoms with Crippen LogP contribution in [0.2, 0.25) is 0 Å². The molecule has 1 fully saturated rings. The zero-order valence-electron chi connectivity index (χ0n) is 20.8. The summed E-state index contributed by atoms with van der Waals surface area (Å²) in [6.45, 7) is 4.86. The van der Waals surface area contributed by atoms with Gasteiger partial charge in [0.1, 0.15) is 23.9 Å². The lowest BCUT2D eigenvalue weighted by atomic mass is 10.0. The van der Waals surface area contributed by atoms with E-state index in [0.717, 1.165) is 48.7 Å². The second-order valence-corrected chi connectivity index (χ2v) is 9.62. The van der Waals surface area contributed by atoms with Gasteiger partial charge in [-0.1, -0.05) is 56.2 Å². The van der Waals surface area contributed by atoms with Crippen molar-refractivity contribution in [2.45, 2.75) is 64.6 Å². The Morgan fingerprint density at radius 1 is 1.11 bits per heavy atom. The molecule has 1 unspecified atom stereocenters. The average molecular weight is 478 g/mol. The van der Waals surface area contributed by atoms with Gasteiger partial charge >= 0.3 is 0 Å². The van der Waals surface area contributed by atoms with E-state index in [-0.39, 0.29) is 24.4 Å². The van der Waals surface area contributed by atoms with E-state index in [2.05, 4.69) is 29.5 Å². The van der Waals surface area contributed by atoms with Gasteiger partial charge < -0.3 is 15.0 Å². The van der Waals surface area contributed by atoms with Gasteiger partial charge in [-0.3, -0.25) is 9.59 Å². The molecule has 0 aliphatic heterocycles. The summed E-state index contributed by atoms with van der Waals surface area (Å²) in [4.78, 5) is 29.3. The lowest BCUT2D eigenvalue weighted by Gasteiger charge is -2.36. The smallest absolute Gasteiger partial charge is 0.247 e. The highest BCUT2D eigenvalue weighted by Gasteiger charge is 2.37. The molecular weight excluding hydrogens is 442 g/mol. The minimum absolute atomic E-state index is 0.000219. The summed E-state index contributed by atoms with van der Waals surface area (Å²) in [7, 11) is 1.61. The van der Waals surface area contributed by atoms with Crippen LogP contribution in [0, 0.1) is 5.92 Å². The molecule has 35 heavy (non-hydrogen) atoms. The molecule has 8 nitrogen and oxygen atoms in total. The lowest BCUT2D eigenvalue weighted by molar-refractivity contribution is -0.144. The van der Waals surface area contributed by atoms with Gasteiger partial charge in [0.2, 0.25) is 11.8 Å². The number of para-hydroxylation sites is 1. The molecule has 1 saturated carbocycles. The van der Waals surface area contributed by atoms with Gasteiger partial charge in [-0.05, 0) is 55.0 Å². The Bertz CT molecular complexity index is 1140. The van der Waals surface area contributed by atoms with Crippen LogP contribution in [-0.2, 0) is 16.1 Å². The summed E-state index contributed by atoms with van der Waals surface area (Å²) in [5.74, 6) is 0.898. The van der Waals surface area contributed by atoms with Crippen molar-refractivity contribution in [3.05, 3.63) is 54.1 Å². The maximum Gasteiger partial charge on any atom is 0.247 e. The van der Waals surface area contributed by atoms with Gasteiger partial charge in [-0.15, -0.1) is 5.10 Å². The standard InChI is InChI=1S/C27H35N5O3/c1-19(2)16-17-28-27(34)26(20-12-14-22(35-3)15-13-20)32(21-8-4-5-9-21)25(33)18-31-24-11-7-6-10-23(24)29-30-31/h6-7,10-15,19,21,26H,4-5,8-9,16-18H2,1-3H3,(H,28,34). The third-order valence-corrected chi connectivity index (χ3v) is 6.69. The van der Waals surface area contributed by atoms with Crippen LogP contribution in [0.25, 0.3) is 11.0 Å². The number of hydrogen-bond acceptors (Lipinski definition) is 5. The molecule has 0 bridgehead atoms. The number of hydrogen-bond donors (Lipinski definition) is 1. The molecule has 4 rings (SSSR count). The van der Waals surface area contributed by atoms with Crippen molar-refractivity contribution in [3.63, 3.8) is 0 Å². The molecular formula is C27H35N5O3. The second kappa shape index (κ2) is 11.3. The van der Waals surface area contributed by atoms with E-state index in [4.69, 9.17) is 4.74 Å². The number of fused-ring (bicyclic) bond motifs is 1. The van der Waals surface area contributed by atoms with Crippen LogP contribution in [0.5, 0.6) is 5.75 Å². The quantitative estimate of drug-likeness (QED) is 0.475. The first-order chi connectivity index (χ1) is 17.0. The van der Waals surface area contributed by atoms with Gasteiger partial charge in [0.05, 0.1) is 12.6 Å². The molecule has 1 N–H and O–H groups in total. The van der Waals surface area contributed by atoms with Crippen molar-refractivity contribution in [2.24, 2.45) is 5.92 Å². The zero-order valence-corrected chi connectivity index (χ0v) is 20.8. The highest BCUT2D eigenvalue weighted by atomic mass is 16.5. The molecule has 1 atom stereocenters. The average Bonchev–Trinajstić information content (AvgIpc) is 3.53. The van der Waals surface area contributed by atoms with Crippen LogP contribution in [0.1, 0.15) is 57.6 Å². The molecule has 1 aromatic heterocycles. The number of aromatic nitrogens is 3. The highest BCUT2D eigenvalue weighted by Crippen LogP contribution is 2.33. The van der Waals surface area contributed by atoms with Crippen molar-refractivity contribution in [3.8, 4) is 5.75 Å². The zero-order chi connectivity index (χ0) is 24.8. The first-order valence-electron chi connectivity index (χ1n) is 12.5. The van der Waals surface area contributed by atoms with Crippen LogP contribution >= 0.6 is 0 Å². The maximum atomic E-state index is 13.9. The molecule has 3 aromatic rings. The van der Waals surface area contributed by atoms with Crippen LogP contribution < -0.4 is 10.1 Å². The summed E-state index contributed by atoms with van der Waals surface area (Å²) in [6, 6.07) is 14.3. The SMILES string of the molecule is COc1ccc(C(C(=O)NCCC(C)C)N(C(=O)Cn2nnc3ccccc32)C2CCCC2)cc1. The molecule has 0 spiro atoms. The van der Waals surface area contributed by atoms with E-state index in [1.165, 1.54) is 0 Å².